The number of ether oxygens (including phenoxy) is 2. The predicted octanol–water partition coefficient (Wildman–Crippen LogP) is 4.34. The molecule has 0 N–H and O–H groups in total. The second-order valence-electron chi connectivity index (χ2n) is 6.66. The molecule has 0 aromatic carbocycles. The van der Waals surface area contributed by atoms with E-state index in [1.165, 1.54) is 6.08 Å². The number of esters is 2. The Morgan fingerprint density at radius 3 is 2.44 bits per heavy atom. The molecular weight excluding hydrogens is 484 g/mol. The summed E-state index contributed by atoms with van der Waals surface area (Å²) in [7, 11) is 0. The lowest BCUT2D eigenvalue weighted by molar-refractivity contribution is -0.142. The van der Waals surface area contributed by atoms with Gasteiger partial charge in [0.25, 0.3) is 5.91 Å². The minimum absolute atomic E-state index is 0.0392. The number of amides is 2. The number of alkyl halides is 1. The third-order valence-electron chi connectivity index (χ3n) is 4.56. The number of imide groups is 1. The van der Waals surface area contributed by atoms with Crippen molar-refractivity contribution in [2.24, 2.45) is 0 Å². The zero-order valence-corrected chi connectivity index (χ0v) is 19.7. The van der Waals surface area contributed by atoms with Gasteiger partial charge in [-0.1, -0.05) is 24.3 Å². The Morgan fingerprint density at radius 1 is 1.19 bits per heavy atom. The van der Waals surface area contributed by atoms with Gasteiger partial charge in [-0.3, -0.25) is 14.4 Å². The molecule has 32 heavy (non-hydrogen) atoms. The summed E-state index contributed by atoms with van der Waals surface area (Å²) in [5.74, 6) is -3.79. The zero-order valence-electron chi connectivity index (χ0n) is 17.4. The SMILES string of the molecule is C=CCOC(=O)C1=C(C(=O)N(C(=O)CCl)c2c(F)sc(CC(=O)OCC)c2Cl)CCCC1. The van der Waals surface area contributed by atoms with E-state index in [0.29, 0.717) is 29.1 Å². The molecule has 0 radical (unpaired) electrons. The van der Waals surface area contributed by atoms with Crippen LogP contribution in [0.25, 0.3) is 0 Å². The first kappa shape index (κ1) is 26.0. The quantitative estimate of drug-likeness (QED) is 0.281. The highest BCUT2D eigenvalue weighted by atomic mass is 35.5. The van der Waals surface area contributed by atoms with Gasteiger partial charge in [-0.05, 0) is 32.6 Å². The topological polar surface area (TPSA) is 90.0 Å². The lowest BCUT2D eigenvalue weighted by Gasteiger charge is -2.25. The van der Waals surface area contributed by atoms with Crippen LogP contribution < -0.4 is 4.90 Å². The Labute approximate surface area is 198 Å². The molecule has 174 valence electrons. The van der Waals surface area contributed by atoms with Gasteiger partial charge in [-0.15, -0.1) is 22.9 Å². The standard InChI is InChI=1S/C21H22Cl2FNO6S/c1-3-9-31-21(29)13-8-6-5-7-12(13)20(28)25(15(26)11-22)18-17(23)14(32-19(18)24)10-16(27)30-4-2/h3H,1,4-11H2,2H3. The zero-order chi connectivity index (χ0) is 23.8. The average Bonchev–Trinajstić information content (AvgIpc) is 3.05. The molecular formula is C21H22Cl2FNO6S. The number of thiophene rings is 1. The molecule has 0 aliphatic heterocycles. The Bertz CT molecular complexity index is 958. The van der Waals surface area contributed by atoms with Crippen LogP contribution in [0.5, 0.6) is 0 Å². The van der Waals surface area contributed by atoms with Gasteiger partial charge in [0.2, 0.25) is 11.0 Å². The summed E-state index contributed by atoms with van der Waals surface area (Å²) >= 11 is 12.5. The highest BCUT2D eigenvalue weighted by Gasteiger charge is 2.36. The van der Waals surface area contributed by atoms with Crippen molar-refractivity contribution in [2.45, 2.75) is 39.0 Å². The van der Waals surface area contributed by atoms with Crippen molar-refractivity contribution in [1.29, 1.82) is 0 Å². The van der Waals surface area contributed by atoms with E-state index in [1.54, 1.807) is 6.92 Å². The summed E-state index contributed by atoms with van der Waals surface area (Å²) in [5, 5.41) is -1.20. The van der Waals surface area contributed by atoms with Gasteiger partial charge in [-0.2, -0.15) is 4.39 Å². The van der Waals surface area contributed by atoms with Crippen LogP contribution in [0, 0.1) is 5.13 Å². The number of halogens is 3. The monoisotopic (exact) mass is 505 g/mol. The number of anilines is 1. The molecule has 0 saturated carbocycles. The molecule has 0 bridgehead atoms. The summed E-state index contributed by atoms with van der Waals surface area (Å²) in [6.45, 7) is 5.18. The summed E-state index contributed by atoms with van der Waals surface area (Å²) in [4.78, 5) is 50.8. The maximum atomic E-state index is 14.9. The fraction of sp³-hybridized carbons (Fsp3) is 0.429. The second kappa shape index (κ2) is 12.1. The van der Waals surface area contributed by atoms with Crippen LogP contribution in [0.2, 0.25) is 5.02 Å². The Morgan fingerprint density at radius 2 is 1.84 bits per heavy atom. The van der Waals surface area contributed by atoms with Crippen molar-refractivity contribution in [3.8, 4) is 0 Å². The van der Waals surface area contributed by atoms with Gasteiger partial charge in [0.05, 0.1) is 18.1 Å². The number of carbonyl (C=O) groups is 4. The molecule has 7 nitrogen and oxygen atoms in total. The molecule has 0 spiro atoms. The summed E-state index contributed by atoms with van der Waals surface area (Å²) in [5.41, 5.74) is -0.338. The van der Waals surface area contributed by atoms with Gasteiger partial charge >= 0.3 is 11.9 Å². The van der Waals surface area contributed by atoms with Crippen molar-refractivity contribution in [3.63, 3.8) is 0 Å². The van der Waals surface area contributed by atoms with Gasteiger partial charge in [0.1, 0.15) is 18.2 Å². The molecule has 11 heteroatoms. The molecule has 1 aromatic rings. The fourth-order valence-electron chi connectivity index (χ4n) is 3.19. The maximum Gasteiger partial charge on any atom is 0.334 e. The van der Waals surface area contributed by atoms with Gasteiger partial charge < -0.3 is 9.47 Å². The van der Waals surface area contributed by atoms with Crippen molar-refractivity contribution in [1.82, 2.24) is 0 Å². The lowest BCUT2D eigenvalue weighted by atomic mass is 9.90. The Balaban J connectivity index is 2.51. The second-order valence-corrected chi connectivity index (χ2v) is 8.36. The number of hydrogen-bond acceptors (Lipinski definition) is 7. The van der Waals surface area contributed by atoms with E-state index >= 15 is 0 Å². The van der Waals surface area contributed by atoms with E-state index in [2.05, 4.69) is 6.58 Å². The van der Waals surface area contributed by atoms with Crippen molar-refractivity contribution in [3.05, 3.63) is 38.8 Å². The van der Waals surface area contributed by atoms with Gasteiger partial charge in [0.15, 0.2) is 0 Å². The first-order valence-corrected chi connectivity index (χ1v) is 11.5. The summed E-state index contributed by atoms with van der Waals surface area (Å²) < 4.78 is 24.8. The molecule has 2 rings (SSSR count). The molecule has 0 unspecified atom stereocenters. The Hall–Kier alpha value is -2.23. The summed E-state index contributed by atoms with van der Waals surface area (Å²) in [6.07, 6.45) is 2.77. The van der Waals surface area contributed by atoms with E-state index in [-0.39, 0.29) is 53.5 Å². The average molecular weight is 506 g/mol. The lowest BCUT2D eigenvalue weighted by Crippen LogP contribution is -2.40. The van der Waals surface area contributed by atoms with Crippen molar-refractivity contribution in [2.75, 3.05) is 24.0 Å². The molecule has 1 heterocycles. The van der Waals surface area contributed by atoms with Crippen LogP contribution in [-0.4, -0.2) is 42.8 Å². The minimum atomic E-state index is -0.937. The van der Waals surface area contributed by atoms with Crippen molar-refractivity contribution >= 4 is 64.0 Å². The van der Waals surface area contributed by atoms with E-state index in [9.17, 15) is 23.6 Å². The molecule has 0 saturated heterocycles. The molecule has 1 aliphatic rings. The molecule has 1 aromatic heterocycles. The third kappa shape index (κ3) is 5.96. The van der Waals surface area contributed by atoms with Crippen molar-refractivity contribution < 1.29 is 33.0 Å². The minimum Gasteiger partial charge on any atom is -0.466 e. The molecule has 0 fully saturated rings. The van der Waals surface area contributed by atoms with Gasteiger partial charge in [0, 0.05) is 16.0 Å². The van der Waals surface area contributed by atoms with Crippen LogP contribution in [0.4, 0.5) is 10.1 Å². The first-order chi connectivity index (χ1) is 15.3. The highest BCUT2D eigenvalue weighted by molar-refractivity contribution is 7.11. The molecule has 1 aliphatic carbocycles. The molecule has 0 atom stereocenters. The van der Waals surface area contributed by atoms with E-state index in [0.717, 1.165) is 0 Å². The molecule has 2 amide bonds. The van der Waals surface area contributed by atoms with E-state index in [1.807, 2.05) is 0 Å². The number of hydrogen-bond donors (Lipinski definition) is 0. The van der Waals surface area contributed by atoms with Crippen LogP contribution in [-0.2, 0) is 35.1 Å². The van der Waals surface area contributed by atoms with Crippen LogP contribution in [0.1, 0.15) is 37.5 Å². The number of rotatable bonds is 9. The number of nitrogens with zero attached hydrogens (tertiary/aromatic N) is 1. The smallest absolute Gasteiger partial charge is 0.334 e. The predicted molar refractivity (Wildman–Crippen MR) is 119 cm³/mol. The van der Waals surface area contributed by atoms with E-state index < -0.39 is 40.5 Å². The number of carbonyl (C=O) groups excluding carboxylic acids is 4. The largest absolute Gasteiger partial charge is 0.466 e. The normalized spacial score (nSPS) is 13.5. The van der Waals surface area contributed by atoms with E-state index in [4.69, 9.17) is 32.7 Å². The maximum absolute atomic E-state index is 14.9. The van der Waals surface area contributed by atoms with Crippen LogP contribution in [0.15, 0.2) is 23.8 Å². The highest BCUT2D eigenvalue weighted by Crippen LogP contribution is 2.41. The first-order valence-electron chi connectivity index (χ1n) is 9.82. The Kier molecular flexibility index (Phi) is 9.86. The summed E-state index contributed by atoms with van der Waals surface area (Å²) in [6, 6.07) is 0. The van der Waals surface area contributed by atoms with Crippen LogP contribution >= 0.6 is 34.5 Å². The third-order valence-corrected chi connectivity index (χ3v) is 6.27. The van der Waals surface area contributed by atoms with Gasteiger partial charge in [-0.25, -0.2) is 9.69 Å². The fourth-order valence-corrected chi connectivity index (χ4v) is 4.59. The van der Waals surface area contributed by atoms with Crippen LogP contribution in [0.3, 0.4) is 0 Å².